The van der Waals surface area contributed by atoms with Crippen LogP contribution in [0.15, 0.2) is 108 Å². The molecule has 266 valence electrons. The maximum absolute atomic E-state index is 13.2. The Bertz CT molecular complexity index is 1840. The fourth-order valence-electron chi connectivity index (χ4n) is 5.42. The molecule has 0 saturated carbocycles. The molecule has 4 amide bonds. The van der Waals surface area contributed by atoms with Crippen LogP contribution in [0.25, 0.3) is 12.2 Å². The third kappa shape index (κ3) is 9.57. The lowest BCUT2D eigenvalue weighted by Crippen LogP contribution is -2.35. The minimum absolute atomic E-state index is 0.0967. The summed E-state index contributed by atoms with van der Waals surface area (Å²) in [5.74, 6) is 0.702. The standard InChI is InChI=1S/C40H38N4O8/c45-37(29-11-5-3-6-12-29)43-31(21-27-15-17-33-35(23-27)51-25-49-33)39(47)41-19-9-1-2-10-20-42-40(48)32(44-38(46)30-13-7-4-8-14-30)22-28-16-18-34-36(24-28)52-26-50-34/h3-8,11-18,21-24H,1-2,9-10,19-20,25-26H2,(H,41,47)(H,42,48)(H,43,45)(H,44,46). The van der Waals surface area contributed by atoms with E-state index in [1.54, 1.807) is 97.1 Å². The van der Waals surface area contributed by atoms with Crippen LogP contribution >= 0.6 is 0 Å². The van der Waals surface area contributed by atoms with E-state index in [1.807, 2.05) is 12.1 Å². The molecule has 0 atom stereocenters. The van der Waals surface area contributed by atoms with Gasteiger partial charge in [-0.1, -0.05) is 61.4 Å². The summed E-state index contributed by atoms with van der Waals surface area (Å²) in [5.41, 5.74) is 2.37. The summed E-state index contributed by atoms with van der Waals surface area (Å²) < 4.78 is 21.7. The van der Waals surface area contributed by atoms with Gasteiger partial charge >= 0.3 is 0 Å². The molecule has 0 saturated heterocycles. The normalized spacial score (nSPS) is 12.9. The van der Waals surface area contributed by atoms with Gasteiger partial charge in [-0.05, 0) is 84.7 Å². The van der Waals surface area contributed by atoms with Crippen LogP contribution in [0.3, 0.4) is 0 Å². The third-order valence-electron chi connectivity index (χ3n) is 8.15. The van der Waals surface area contributed by atoms with E-state index in [9.17, 15) is 19.2 Å². The Labute approximate surface area is 300 Å². The molecule has 4 N–H and O–H groups in total. The van der Waals surface area contributed by atoms with Crippen molar-refractivity contribution >= 4 is 35.8 Å². The summed E-state index contributed by atoms with van der Waals surface area (Å²) in [6.07, 6.45) is 6.14. The maximum atomic E-state index is 13.2. The van der Waals surface area contributed by atoms with Crippen LogP contribution in [0.1, 0.15) is 57.5 Å². The molecular formula is C40H38N4O8. The van der Waals surface area contributed by atoms with Gasteiger partial charge < -0.3 is 40.2 Å². The number of ether oxygens (including phenoxy) is 4. The molecule has 0 aliphatic carbocycles. The number of amides is 4. The van der Waals surface area contributed by atoms with Gasteiger partial charge in [-0.3, -0.25) is 19.2 Å². The number of hydrogen-bond acceptors (Lipinski definition) is 8. The van der Waals surface area contributed by atoms with E-state index in [0.29, 0.717) is 71.2 Å². The topological polar surface area (TPSA) is 153 Å². The fraction of sp³-hybridized carbons (Fsp3) is 0.200. The predicted octanol–water partition coefficient (Wildman–Crippen LogP) is 5.18. The van der Waals surface area contributed by atoms with Gasteiger partial charge in [-0.15, -0.1) is 0 Å². The molecule has 2 heterocycles. The van der Waals surface area contributed by atoms with Gasteiger partial charge in [-0.25, -0.2) is 0 Å². The van der Waals surface area contributed by atoms with Gasteiger partial charge in [-0.2, -0.15) is 0 Å². The Morgan fingerprint density at radius 1 is 0.500 bits per heavy atom. The first-order valence-electron chi connectivity index (χ1n) is 16.9. The molecule has 0 fully saturated rings. The fourth-order valence-corrected chi connectivity index (χ4v) is 5.42. The highest BCUT2D eigenvalue weighted by Crippen LogP contribution is 2.34. The van der Waals surface area contributed by atoms with Gasteiger partial charge in [0.25, 0.3) is 23.6 Å². The highest BCUT2D eigenvalue weighted by molar-refractivity contribution is 6.06. The molecule has 0 unspecified atom stereocenters. The number of carbonyl (C=O) groups is 4. The molecule has 0 aromatic heterocycles. The van der Waals surface area contributed by atoms with Crippen LogP contribution in [0.2, 0.25) is 0 Å². The van der Waals surface area contributed by atoms with Gasteiger partial charge in [0.2, 0.25) is 13.6 Å². The molecule has 0 radical (unpaired) electrons. The summed E-state index contributed by atoms with van der Waals surface area (Å²) >= 11 is 0. The van der Waals surface area contributed by atoms with Crippen molar-refractivity contribution < 1.29 is 38.1 Å². The third-order valence-corrected chi connectivity index (χ3v) is 8.15. The van der Waals surface area contributed by atoms with Crippen LogP contribution < -0.4 is 40.2 Å². The highest BCUT2D eigenvalue weighted by atomic mass is 16.7. The summed E-state index contributed by atoms with van der Waals surface area (Å²) in [5, 5.41) is 11.3. The van der Waals surface area contributed by atoms with Gasteiger partial charge in [0.05, 0.1) is 0 Å². The van der Waals surface area contributed by atoms with Crippen molar-refractivity contribution in [2.45, 2.75) is 25.7 Å². The Balaban J connectivity index is 0.982. The maximum Gasteiger partial charge on any atom is 0.267 e. The first-order chi connectivity index (χ1) is 25.4. The Morgan fingerprint density at radius 3 is 1.33 bits per heavy atom. The van der Waals surface area contributed by atoms with E-state index >= 15 is 0 Å². The number of nitrogens with one attached hydrogen (secondary N) is 4. The van der Waals surface area contributed by atoms with Crippen molar-refractivity contribution in [3.05, 3.63) is 131 Å². The van der Waals surface area contributed by atoms with Crippen molar-refractivity contribution in [1.29, 1.82) is 0 Å². The molecule has 4 aromatic carbocycles. The highest BCUT2D eigenvalue weighted by Gasteiger charge is 2.19. The number of benzene rings is 4. The molecule has 0 bridgehead atoms. The van der Waals surface area contributed by atoms with Crippen LogP contribution in [0, 0.1) is 0 Å². The Kier molecular flexibility index (Phi) is 11.8. The van der Waals surface area contributed by atoms with Crippen molar-refractivity contribution in [3.63, 3.8) is 0 Å². The zero-order valence-corrected chi connectivity index (χ0v) is 28.3. The molecule has 52 heavy (non-hydrogen) atoms. The molecule has 4 aromatic rings. The van der Waals surface area contributed by atoms with Crippen LogP contribution in [-0.2, 0) is 9.59 Å². The van der Waals surface area contributed by atoms with Gasteiger partial charge in [0.1, 0.15) is 11.4 Å². The number of rotatable bonds is 15. The molecular weight excluding hydrogens is 664 g/mol. The zero-order valence-electron chi connectivity index (χ0n) is 28.3. The summed E-state index contributed by atoms with van der Waals surface area (Å²) in [6, 6.07) is 27.9. The predicted molar refractivity (Wildman–Crippen MR) is 193 cm³/mol. The second kappa shape index (κ2) is 17.4. The van der Waals surface area contributed by atoms with E-state index in [1.165, 1.54) is 0 Å². The number of unbranched alkanes of at least 4 members (excludes halogenated alkanes) is 3. The van der Waals surface area contributed by atoms with E-state index in [4.69, 9.17) is 18.9 Å². The smallest absolute Gasteiger partial charge is 0.267 e. The minimum Gasteiger partial charge on any atom is -0.454 e. The van der Waals surface area contributed by atoms with Crippen molar-refractivity contribution in [3.8, 4) is 23.0 Å². The Hall–Kier alpha value is -6.56. The average Bonchev–Trinajstić information content (AvgIpc) is 3.85. The Morgan fingerprint density at radius 2 is 0.904 bits per heavy atom. The molecule has 12 nitrogen and oxygen atoms in total. The van der Waals surface area contributed by atoms with E-state index in [-0.39, 0.29) is 25.0 Å². The van der Waals surface area contributed by atoms with Gasteiger partial charge in [0.15, 0.2) is 23.0 Å². The second-order valence-electron chi connectivity index (χ2n) is 11.9. The molecule has 2 aliphatic heterocycles. The quantitative estimate of drug-likeness (QED) is 0.0977. The lowest BCUT2D eigenvalue weighted by Gasteiger charge is -2.12. The summed E-state index contributed by atoms with van der Waals surface area (Å²) in [7, 11) is 0. The SMILES string of the molecule is O=C(NCCCCCCNC(=O)C(=Cc1ccc2c(c1)OCO2)NC(=O)c1ccccc1)C(=Cc1ccc2c(c1)OCO2)NC(=O)c1ccccc1. The lowest BCUT2D eigenvalue weighted by atomic mass is 10.1. The monoisotopic (exact) mass is 702 g/mol. The van der Waals surface area contributed by atoms with Crippen LogP contribution in [0.4, 0.5) is 0 Å². The van der Waals surface area contributed by atoms with Crippen LogP contribution in [-0.4, -0.2) is 50.3 Å². The molecule has 0 spiro atoms. The molecule has 2 aliphatic rings. The molecule has 12 heteroatoms. The number of carbonyl (C=O) groups excluding carboxylic acids is 4. The summed E-state index contributed by atoms with van der Waals surface area (Å²) in [6.45, 7) is 1.03. The van der Waals surface area contributed by atoms with Crippen LogP contribution in [0.5, 0.6) is 23.0 Å². The van der Waals surface area contributed by atoms with E-state index in [0.717, 1.165) is 12.8 Å². The van der Waals surface area contributed by atoms with Crippen molar-refractivity contribution in [1.82, 2.24) is 21.3 Å². The van der Waals surface area contributed by atoms with Crippen molar-refractivity contribution in [2.75, 3.05) is 26.7 Å². The zero-order chi connectivity index (χ0) is 36.1. The number of hydrogen-bond donors (Lipinski definition) is 4. The average molecular weight is 703 g/mol. The molecule has 6 rings (SSSR count). The van der Waals surface area contributed by atoms with Gasteiger partial charge in [0, 0.05) is 24.2 Å². The second-order valence-corrected chi connectivity index (χ2v) is 11.9. The number of fused-ring (bicyclic) bond motifs is 2. The minimum atomic E-state index is -0.423. The first kappa shape index (κ1) is 35.3. The van der Waals surface area contributed by atoms with Crippen molar-refractivity contribution in [2.24, 2.45) is 0 Å². The first-order valence-corrected chi connectivity index (χ1v) is 16.9. The van der Waals surface area contributed by atoms with E-state index in [2.05, 4.69) is 21.3 Å². The van der Waals surface area contributed by atoms with E-state index < -0.39 is 23.6 Å². The largest absolute Gasteiger partial charge is 0.454 e. The lowest BCUT2D eigenvalue weighted by molar-refractivity contribution is -0.118. The summed E-state index contributed by atoms with van der Waals surface area (Å²) in [4.78, 5) is 52.3.